The van der Waals surface area contributed by atoms with E-state index in [1.807, 2.05) is 54.6 Å². The summed E-state index contributed by atoms with van der Waals surface area (Å²) in [5.41, 5.74) is 1.26. The van der Waals surface area contributed by atoms with Crippen molar-refractivity contribution in [2.75, 3.05) is 20.3 Å². The van der Waals surface area contributed by atoms with Gasteiger partial charge in [-0.3, -0.25) is 9.59 Å². The van der Waals surface area contributed by atoms with Crippen LogP contribution in [0.5, 0.6) is 11.5 Å². The molecule has 6 nitrogen and oxygen atoms in total. The number of nitrogens with one attached hydrogen (secondary N) is 2. The molecule has 0 radical (unpaired) electrons. The second kappa shape index (κ2) is 8.89. The molecular weight excluding hydrogens is 344 g/mol. The monoisotopic (exact) mass is 366 g/mol. The van der Waals surface area contributed by atoms with Crippen LogP contribution in [0.1, 0.15) is 12.0 Å². The Hall–Kier alpha value is -3.28. The van der Waals surface area contributed by atoms with E-state index in [0.29, 0.717) is 30.9 Å². The first kappa shape index (κ1) is 18.5. The fourth-order valence-electron chi connectivity index (χ4n) is 2.75. The largest absolute Gasteiger partial charge is 0.497 e. The van der Waals surface area contributed by atoms with Crippen LogP contribution in [0.2, 0.25) is 0 Å². The summed E-state index contributed by atoms with van der Waals surface area (Å²) in [4.78, 5) is 26.9. The highest BCUT2D eigenvalue weighted by Gasteiger charge is 2.07. The predicted molar refractivity (Wildman–Crippen MR) is 104 cm³/mol. The van der Waals surface area contributed by atoms with Crippen molar-refractivity contribution in [3.8, 4) is 11.5 Å². The Morgan fingerprint density at radius 3 is 2.59 bits per heavy atom. The van der Waals surface area contributed by atoms with Crippen molar-refractivity contribution in [3.63, 3.8) is 0 Å². The van der Waals surface area contributed by atoms with Crippen LogP contribution in [0.3, 0.4) is 0 Å². The van der Waals surface area contributed by atoms with Gasteiger partial charge in [-0.2, -0.15) is 0 Å². The highest BCUT2D eigenvalue weighted by atomic mass is 16.5. The molecule has 0 saturated heterocycles. The Balaban J connectivity index is 1.43. The molecule has 1 heterocycles. The minimum Gasteiger partial charge on any atom is -0.497 e. The third kappa shape index (κ3) is 5.10. The molecule has 0 aliphatic rings. The number of rotatable bonds is 8. The average Bonchev–Trinajstić information content (AvgIpc) is 2.70. The topological polar surface area (TPSA) is 80.4 Å². The Bertz CT molecular complexity index is 964. The zero-order chi connectivity index (χ0) is 19.1. The van der Waals surface area contributed by atoms with Gasteiger partial charge in [0.05, 0.1) is 13.7 Å². The maximum atomic E-state index is 12.1. The van der Waals surface area contributed by atoms with Crippen LogP contribution in [0.4, 0.5) is 0 Å². The summed E-state index contributed by atoms with van der Waals surface area (Å²) in [5.74, 6) is 1.37. The number of ether oxygens (including phenoxy) is 2. The highest BCUT2D eigenvalue weighted by Crippen LogP contribution is 2.16. The summed E-state index contributed by atoms with van der Waals surface area (Å²) < 4.78 is 10.6. The number of aromatic amines is 1. The van der Waals surface area contributed by atoms with Gasteiger partial charge in [-0.25, -0.2) is 0 Å². The van der Waals surface area contributed by atoms with Gasteiger partial charge < -0.3 is 19.8 Å². The Morgan fingerprint density at radius 1 is 1.07 bits per heavy atom. The molecule has 0 saturated carbocycles. The van der Waals surface area contributed by atoms with Crippen LogP contribution in [0.25, 0.3) is 10.9 Å². The van der Waals surface area contributed by atoms with Gasteiger partial charge in [0.15, 0.2) is 0 Å². The van der Waals surface area contributed by atoms with E-state index in [2.05, 4.69) is 10.3 Å². The first-order chi connectivity index (χ1) is 13.2. The lowest BCUT2D eigenvalue weighted by Gasteiger charge is -2.08. The number of amides is 1. The summed E-state index contributed by atoms with van der Waals surface area (Å²) >= 11 is 0. The molecule has 27 heavy (non-hydrogen) atoms. The van der Waals surface area contributed by atoms with Gasteiger partial charge in [0, 0.05) is 17.5 Å². The van der Waals surface area contributed by atoms with Gasteiger partial charge in [0.25, 0.3) is 5.56 Å². The molecule has 1 amide bonds. The molecule has 0 spiro atoms. The van der Waals surface area contributed by atoms with Crippen LogP contribution in [0.15, 0.2) is 59.4 Å². The number of aryl methyl sites for hydroxylation is 1. The number of carbonyl (C=O) groups is 1. The van der Waals surface area contributed by atoms with Crippen molar-refractivity contribution >= 4 is 16.8 Å². The number of para-hydroxylation sites is 1. The van der Waals surface area contributed by atoms with Crippen molar-refractivity contribution in [2.45, 2.75) is 12.8 Å². The molecule has 0 bridgehead atoms. The van der Waals surface area contributed by atoms with Crippen molar-refractivity contribution < 1.29 is 14.3 Å². The van der Waals surface area contributed by atoms with E-state index in [4.69, 9.17) is 9.47 Å². The molecule has 140 valence electrons. The summed E-state index contributed by atoms with van der Waals surface area (Å²) in [7, 11) is 1.61. The number of fused-ring (bicyclic) bond motifs is 1. The van der Waals surface area contributed by atoms with Crippen LogP contribution in [-0.2, 0) is 11.2 Å². The lowest BCUT2D eigenvalue weighted by Crippen LogP contribution is -2.28. The zero-order valence-corrected chi connectivity index (χ0v) is 15.2. The number of aromatic nitrogens is 1. The Kier molecular flexibility index (Phi) is 6.10. The van der Waals surface area contributed by atoms with Gasteiger partial charge in [0.2, 0.25) is 5.91 Å². The van der Waals surface area contributed by atoms with Gasteiger partial charge in [-0.1, -0.05) is 18.2 Å². The van der Waals surface area contributed by atoms with E-state index in [9.17, 15) is 9.59 Å². The molecular formula is C21H22N2O4. The fraction of sp³-hybridized carbons (Fsp3) is 0.238. The van der Waals surface area contributed by atoms with Crippen LogP contribution in [0, 0.1) is 0 Å². The first-order valence-electron chi connectivity index (χ1n) is 8.80. The molecule has 0 fully saturated rings. The maximum Gasteiger partial charge on any atom is 0.251 e. The Labute approximate surface area is 157 Å². The fourth-order valence-corrected chi connectivity index (χ4v) is 2.75. The average molecular weight is 366 g/mol. The summed E-state index contributed by atoms with van der Waals surface area (Å²) in [6.45, 7) is 0.771. The van der Waals surface area contributed by atoms with Crippen LogP contribution >= 0.6 is 0 Å². The summed E-state index contributed by atoms with van der Waals surface area (Å²) in [5, 5.41) is 3.76. The van der Waals surface area contributed by atoms with Crippen molar-refractivity contribution in [2.24, 2.45) is 0 Å². The first-order valence-corrected chi connectivity index (χ1v) is 8.80. The molecule has 2 N–H and O–H groups in total. The third-order valence-electron chi connectivity index (χ3n) is 4.20. The molecule has 3 aromatic rings. The SMILES string of the molecule is COc1ccc(OCCNC(=O)CCc2cc3ccccc3[nH]c2=O)cc1. The minimum absolute atomic E-state index is 0.110. The number of H-pyrrole nitrogens is 1. The third-order valence-corrected chi connectivity index (χ3v) is 4.20. The molecule has 0 unspecified atom stereocenters. The van der Waals surface area contributed by atoms with Crippen LogP contribution in [-0.4, -0.2) is 31.2 Å². The minimum atomic E-state index is -0.149. The molecule has 6 heteroatoms. The quantitative estimate of drug-likeness (QED) is 0.601. The van der Waals surface area contributed by atoms with Gasteiger partial charge in [0.1, 0.15) is 18.1 Å². The van der Waals surface area contributed by atoms with E-state index < -0.39 is 0 Å². The second-order valence-electron chi connectivity index (χ2n) is 6.08. The number of pyridine rings is 1. The van der Waals surface area contributed by atoms with E-state index in [-0.39, 0.29) is 17.9 Å². The summed E-state index contributed by atoms with van der Waals surface area (Å²) in [6.07, 6.45) is 0.648. The molecule has 1 aromatic heterocycles. The standard InChI is InChI=1S/C21H22N2O4/c1-26-17-7-9-18(10-8-17)27-13-12-22-20(24)11-6-16-14-15-4-2-3-5-19(15)23-21(16)25/h2-5,7-10,14H,6,11-13H2,1H3,(H,22,24)(H,23,25). The number of benzene rings is 2. The predicted octanol–water partition coefficient (Wildman–Crippen LogP) is 2.66. The van der Waals surface area contributed by atoms with E-state index in [1.54, 1.807) is 7.11 Å². The van der Waals surface area contributed by atoms with E-state index >= 15 is 0 Å². The van der Waals surface area contributed by atoms with Crippen molar-refractivity contribution in [3.05, 3.63) is 70.5 Å². The summed E-state index contributed by atoms with van der Waals surface area (Å²) in [6, 6.07) is 16.7. The number of carbonyl (C=O) groups excluding carboxylic acids is 1. The van der Waals surface area contributed by atoms with Crippen LogP contribution < -0.4 is 20.3 Å². The van der Waals surface area contributed by atoms with Gasteiger partial charge in [-0.15, -0.1) is 0 Å². The number of hydrogen-bond donors (Lipinski definition) is 2. The van der Waals surface area contributed by atoms with Crippen molar-refractivity contribution in [1.29, 1.82) is 0 Å². The lowest BCUT2D eigenvalue weighted by molar-refractivity contribution is -0.121. The molecule has 3 rings (SSSR count). The van der Waals surface area contributed by atoms with E-state index in [0.717, 1.165) is 16.7 Å². The highest BCUT2D eigenvalue weighted by molar-refractivity contribution is 5.79. The zero-order valence-electron chi connectivity index (χ0n) is 15.2. The lowest BCUT2D eigenvalue weighted by atomic mass is 10.1. The smallest absolute Gasteiger partial charge is 0.251 e. The molecule has 0 aliphatic heterocycles. The molecule has 0 aliphatic carbocycles. The van der Waals surface area contributed by atoms with Crippen molar-refractivity contribution in [1.82, 2.24) is 10.3 Å². The Morgan fingerprint density at radius 2 is 1.81 bits per heavy atom. The molecule has 0 atom stereocenters. The number of methoxy groups -OCH3 is 1. The second-order valence-corrected chi connectivity index (χ2v) is 6.08. The van der Waals surface area contributed by atoms with Gasteiger partial charge >= 0.3 is 0 Å². The maximum absolute atomic E-state index is 12.1. The number of hydrogen-bond acceptors (Lipinski definition) is 4. The van der Waals surface area contributed by atoms with E-state index in [1.165, 1.54) is 0 Å². The van der Waals surface area contributed by atoms with Gasteiger partial charge in [-0.05, 0) is 48.2 Å². The normalized spacial score (nSPS) is 10.6. The molecule has 2 aromatic carbocycles.